The maximum atomic E-state index is 12.3. The van der Waals surface area contributed by atoms with Gasteiger partial charge in [0.1, 0.15) is 35.2 Å². The van der Waals surface area contributed by atoms with Crippen LogP contribution in [-0.4, -0.2) is 31.8 Å². The molecule has 0 saturated carbocycles. The molecular weight excluding hydrogens is 334 g/mol. The average Bonchev–Trinajstić information content (AvgIpc) is 2.62. The lowest BCUT2D eigenvalue weighted by atomic mass is 10.3. The molecule has 0 saturated heterocycles. The van der Waals surface area contributed by atoms with Crippen molar-refractivity contribution in [2.75, 3.05) is 16.4 Å². The zero-order valence-corrected chi connectivity index (χ0v) is 13.8. The molecule has 0 bridgehead atoms. The van der Waals surface area contributed by atoms with Crippen LogP contribution in [0.1, 0.15) is 26.7 Å². The third-order valence-electron chi connectivity index (χ3n) is 3.27. The van der Waals surface area contributed by atoms with E-state index in [2.05, 4.69) is 30.6 Å². The monoisotopic (exact) mass is 349 g/mol. The van der Waals surface area contributed by atoms with E-state index in [-0.39, 0.29) is 23.0 Å². The Labute approximate surface area is 148 Å². The molecule has 3 heterocycles. The zero-order chi connectivity index (χ0) is 18.5. The number of nitrogens with one attached hydrogen (secondary N) is 2. The van der Waals surface area contributed by atoms with Crippen LogP contribution in [0.25, 0.3) is 0 Å². The van der Waals surface area contributed by atoms with Crippen molar-refractivity contribution in [2.45, 2.75) is 6.92 Å². The Hall–Kier alpha value is -3.88. The van der Waals surface area contributed by atoms with Crippen LogP contribution in [0.5, 0.6) is 0 Å². The predicted octanol–water partition coefficient (Wildman–Crippen LogP) is 1.66. The third-order valence-corrected chi connectivity index (χ3v) is 3.27. The van der Waals surface area contributed by atoms with Crippen LogP contribution in [0.4, 0.5) is 17.5 Å². The van der Waals surface area contributed by atoms with Crippen molar-refractivity contribution in [1.29, 1.82) is 0 Å². The summed E-state index contributed by atoms with van der Waals surface area (Å²) in [5.74, 6) is -0.0850. The third kappa shape index (κ3) is 4.15. The fourth-order valence-corrected chi connectivity index (χ4v) is 2.10. The van der Waals surface area contributed by atoms with Gasteiger partial charge in [0, 0.05) is 11.8 Å². The number of anilines is 3. The van der Waals surface area contributed by atoms with E-state index in [1.54, 1.807) is 30.3 Å². The summed E-state index contributed by atoms with van der Waals surface area (Å²) in [6, 6.07) is 11.4. The highest BCUT2D eigenvalue weighted by Crippen LogP contribution is 2.09. The summed E-state index contributed by atoms with van der Waals surface area (Å²) in [7, 11) is 0. The SMILES string of the molecule is Cc1cccc(NC(=O)c2cc(C(=O)Nc3cccc(N)n3)ncn2)n1. The summed E-state index contributed by atoms with van der Waals surface area (Å²) in [4.78, 5) is 40.5. The van der Waals surface area contributed by atoms with E-state index in [0.29, 0.717) is 5.82 Å². The summed E-state index contributed by atoms with van der Waals surface area (Å²) in [6.45, 7) is 1.81. The number of nitrogens with zero attached hydrogens (tertiary/aromatic N) is 4. The van der Waals surface area contributed by atoms with Gasteiger partial charge in [-0.1, -0.05) is 12.1 Å². The number of carbonyl (C=O) groups is 2. The van der Waals surface area contributed by atoms with Crippen molar-refractivity contribution >= 4 is 29.3 Å². The van der Waals surface area contributed by atoms with Crippen LogP contribution in [0.15, 0.2) is 48.8 Å². The minimum atomic E-state index is -0.534. The van der Waals surface area contributed by atoms with Crippen molar-refractivity contribution in [1.82, 2.24) is 19.9 Å². The maximum absolute atomic E-state index is 12.3. The molecule has 3 aromatic rings. The fraction of sp³-hybridized carbons (Fsp3) is 0.0588. The van der Waals surface area contributed by atoms with Gasteiger partial charge in [0.05, 0.1) is 0 Å². The fourth-order valence-electron chi connectivity index (χ4n) is 2.10. The number of nitrogens with two attached hydrogens (primary N) is 1. The molecule has 0 aliphatic heterocycles. The average molecular weight is 349 g/mol. The highest BCUT2D eigenvalue weighted by Gasteiger charge is 2.14. The first-order valence-electron chi connectivity index (χ1n) is 7.62. The molecular formula is C17H15N7O2. The van der Waals surface area contributed by atoms with Gasteiger partial charge in [0.2, 0.25) is 0 Å². The molecule has 3 aromatic heterocycles. The minimum Gasteiger partial charge on any atom is -0.384 e. The molecule has 0 aliphatic carbocycles. The summed E-state index contributed by atoms with van der Waals surface area (Å²) in [6.07, 6.45) is 1.14. The van der Waals surface area contributed by atoms with E-state index < -0.39 is 11.8 Å². The van der Waals surface area contributed by atoms with Gasteiger partial charge in [-0.05, 0) is 31.2 Å². The van der Waals surface area contributed by atoms with Gasteiger partial charge in [0.25, 0.3) is 11.8 Å². The smallest absolute Gasteiger partial charge is 0.275 e. The number of carbonyl (C=O) groups excluding carboxylic acids is 2. The number of hydrogen-bond acceptors (Lipinski definition) is 7. The zero-order valence-electron chi connectivity index (χ0n) is 13.8. The standard InChI is InChI=1S/C17H15N7O2/c1-10-4-2-6-14(21-10)23-16(25)11-8-12(20-9-19-11)17(26)24-15-7-3-5-13(18)22-15/h2-9H,1H3,(H,21,23,25)(H3,18,22,24,26). The first-order chi connectivity index (χ1) is 12.5. The molecule has 0 unspecified atom stereocenters. The van der Waals surface area contributed by atoms with Crippen molar-refractivity contribution in [3.63, 3.8) is 0 Å². The molecule has 0 radical (unpaired) electrons. The van der Waals surface area contributed by atoms with Crippen molar-refractivity contribution in [3.8, 4) is 0 Å². The molecule has 3 rings (SSSR count). The highest BCUT2D eigenvalue weighted by molar-refractivity contribution is 6.06. The summed E-state index contributed by atoms with van der Waals surface area (Å²) < 4.78 is 0. The topological polar surface area (TPSA) is 136 Å². The van der Waals surface area contributed by atoms with E-state index in [4.69, 9.17) is 5.73 Å². The molecule has 0 spiro atoms. The molecule has 0 aromatic carbocycles. The molecule has 130 valence electrons. The lowest BCUT2D eigenvalue weighted by Crippen LogP contribution is -2.19. The summed E-state index contributed by atoms with van der Waals surface area (Å²) in [5, 5.41) is 5.18. The number of hydrogen-bond donors (Lipinski definition) is 3. The minimum absolute atomic E-state index is 0.0200. The molecule has 0 fully saturated rings. The lowest BCUT2D eigenvalue weighted by molar-refractivity contribution is 0.102. The van der Waals surface area contributed by atoms with Crippen LogP contribution < -0.4 is 16.4 Å². The van der Waals surface area contributed by atoms with Crippen LogP contribution in [0.2, 0.25) is 0 Å². The molecule has 0 aliphatic rings. The van der Waals surface area contributed by atoms with Gasteiger partial charge < -0.3 is 16.4 Å². The Morgan fingerprint density at radius 2 is 1.46 bits per heavy atom. The molecule has 0 atom stereocenters. The van der Waals surface area contributed by atoms with E-state index in [1.807, 2.05) is 13.0 Å². The van der Waals surface area contributed by atoms with E-state index in [0.717, 1.165) is 12.0 Å². The van der Waals surface area contributed by atoms with Crippen molar-refractivity contribution in [3.05, 3.63) is 65.9 Å². The van der Waals surface area contributed by atoms with Crippen LogP contribution in [0, 0.1) is 6.92 Å². The van der Waals surface area contributed by atoms with Crippen molar-refractivity contribution < 1.29 is 9.59 Å². The van der Waals surface area contributed by atoms with E-state index in [9.17, 15) is 9.59 Å². The Kier molecular flexibility index (Phi) is 4.79. The molecule has 2 amide bonds. The Morgan fingerprint density at radius 1 is 0.885 bits per heavy atom. The normalized spacial score (nSPS) is 10.2. The second-order valence-electron chi connectivity index (χ2n) is 5.31. The van der Waals surface area contributed by atoms with Gasteiger partial charge >= 0.3 is 0 Å². The number of amides is 2. The van der Waals surface area contributed by atoms with Gasteiger partial charge in [0.15, 0.2) is 0 Å². The first-order valence-corrected chi connectivity index (χ1v) is 7.62. The molecule has 26 heavy (non-hydrogen) atoms. The summed E-state index contributed by atoms with van der Waals surface area (Å²) >= 11 is 0. The largest absolute Gasteiger partial charge is 0.384 e. The number of rotatable bonds is 4. The Bertz CT molecular complexity index is 900. The van der Waals surface area contributed by atoms with Gasteiger partial charge in [-0.25, -0.2) is 19.9 Å². The van der Waals surface area contributed by atoms with Crippen LogP contribution >= 0.6 is 0 Å². The first kappa shape index (κ1) is 17.0. The predicted molar refractivity (Wildman–Crippen MR) is 95.6 cm³/mol. The Morgan fingerprint density at radius 3 is 2.04 bits per heavy atom. The van der Waals surface area contributed by atoms with Gasteiger partial charge in [-0.15, -0.1) is 0 Å². The quantitative estimate of drug-likeness (QED) is 0.651. The van der Waals surface area contributed by atoms with Gasteiger partial charge in [-0.2, -0.15) is 0 Å². The second-order valence-corrected chi connectivity index (χ2v) is 5.31. The molecule has 4 N–H and O–H groups in total. The number of nitrogen functional groups attached to an aromatic ring is 1. The number of aromatic nitrogens is 4. The number of pyridine rings is 2. The lowest BCUT2D eigenvalue weighted by Gasteiger charge is -2.07. The molecule has 9 heteroatoms. The highest BCUT2D eigenvalue weighted by atomic mass is 16.2. The summed E-state index contributed by atoms with van der Waals surface area (Å²) in [5.41, 5.74) is 6.39. The maximum Gasteiger partial charge on any atom is 0.275 e. The second kappa shape index (κ2) is 7.34. The van der Waals surface area contributed by atoms with Crippen LogP contribution in [-0.2, 0) is 0 Å². The van der Waals surface area contributed by atoms with Crippen molar-refractivity contribution in [2.24, 2.45) is 0 Å². The molecule has 9 nitrogen and oxygen atoms in total. The number of aryl methyl sites for hydroxylation is 1. The van der Waals surface area contributed by atoms with E-state index in [1.165, 1.54) is 6.07 Å². The van der Waals surface area contributed by atoms with E-state index >= 15 is 0 Å². The van der Waals surface area contributed by atoms with Gasteiger partial charge in [-0.3, -0.25) is 9.59 Å². The Balaban J connectivity index is 1.75. The van der Waals surface area contributed by atoms with Crippen LogP contribution in [0.3, 0.4) is 0 Å².